The number of guanidine groups is 1. The van der Waals surface area contributed by atoms with Crippen LogP contribution in [-0.2, 0) is 0 Å². The molecule has 3 N–H and O–H groups in total. The van der Waals surface area contributed by atoms with Crippen LogP contribution in [0.5, 0.6) is 0 Å². The minimum Gasteiger partial charge on any atom is -0.370 e. The first kappa shape index (κ1) is 12.0. The minimum absolute atomic E-state index is 0.141. The number of nitrogens with zero attached hydrogens (tertiary/aromatic N) is 1. The second kappa shape index (κ2) is 4.80. The zero-order valence-electron chi connectivity index (χ0n) is 9.83. The van der Waals surface area contributed by atoms with Gasteiger partial charge in [0.25, 0.3) is 0 Å². The van der Waals surface area contributed by atoms with Gasteiger partial charge < -0.3 is 10.6 Å². The maximum Gasteiger partial charge on any atom is 0.188 e. The molecule has 4 heteroatoms. The third-order valence-corrected chi connectivity index (χ3v) is 3.50. The van der Waals surface area contributed by atoms with E-state index in [1.54, 1.807) is 0 Å². The van der Waals surface area contributed by atoms with Gasteiger partial charge in [-0.1, -0.05) is 29.8 Å². The number of benzene rings is 1. The molecule has 0 saturated carbocycles. The molecule has 1 aromatic carbocycles. The highest BCUT2D eigenvalue weighted by atomic mass is 35.5. The maximum absolute atomic E-state index is 7.37. The van der Waals surface area contributed by atoms with E-state index in [0.29, 0.717) is 6.54 Å². The largest absolute Gasteiger partial charge is 0.370 e. The molecule has 0 aliphatic carbocycles. The van der Waals surface area contributed by atoms with Crippen molar-refractivity contribution in [1.82, 2.24) is 4.90 Å². The van der Waals surface area contributed by atoms with Gasteiger partial charge in [-0.05, 0) is 36.1 Å². The zero-order chi connectivity index (χ0) is 12.4. The van der Waals surface area contributed by atoms with Gasteiger partial charge in [0, 0.05) is 18.1 Å². The monoisotopic (exact) mass is 249 g/mol. The van der Waals surface area contributed by atoms with Gasteiger partial charge in [0.2, 0.25) is 0 Å². The second-order valence-corrected chi connectivity index (χ2v) is 4.68. The Morgan fingerprint density at radius 3 is 2.76 bits per heavy atom. The van der Waals surface area contributed by atoms with Crippen molar-refractivity contribution in [2.24, 2.45) is 5.73 Å². The number of nitrogens with one attached hydrogen (secondary N) is 1. The van der Waals surface area contributed by atoms with E-state index in [1.165, 1.54) is 11.1 Å². The van der Waals surface area contributed by atoms with Crippen LogP contribution in [0.2, 0.25) is 5.02 Å². The molecule has 0 saturated heterocycles. The molecule has 0 aromatic heterocycles. The lowest BCUT2D eigenvalue weighted by Crippen LogP contribution is -2.39. The highest BCUT2D eigenvalue weighted by molar-refractivity contribution is 6.31. The number of halogens is 1. The molecule has 1 aliphatic rings. The average molecular weight is 250 g/mol. The Balaban J connectivity index is 2.19. The lowest BCUT2D eigenvalue weighted by atomic mass is 9.98. The van der Waals surface area contributed by atoms with Gasteiger partial charge in [-0.3, -0.25) is 5.41 Å². The fourth-order valence-corrected chi connectivity index (χ4v) is 2.12. The third-order valence-electron chi connectivity index (χ3n) is 3.09. The van der Waals surface area contributed by atoms with Gasteiger partial charge in [-0.2, -0.15) is 0 Å². The molecule has 1 aliphatic heterocycles. The predicted octanol–water partition coefficient (Wildman–Crippen LogP) is 2.63. The molecule has 1 aromatic rings. The van der Waals surface area contributed by atoms with Crippen LogP contribution < -0.4 is 5.73 Å². The summed E-state index contributed by atoms with van der Waals surface area (Å²) in [5.74, 6) is 0.141. The normalized spacial score (nSPS) is 15.6. The number of aryl methyl sites for hydroxylation is 1. The van der Waals surface area contributed by atoms with Gasteiger partial charge in [0.05, 0.1) is 0 Å². The molecule has 90 valence electrons. The Labute approximate surface area is 106 Å². The van der Waals surface area contributed by atoms with E-state index >= 15 is 0 Å². The summed E-state index contributed by atoms with van der Waals surface area (Å²) in [6.45, 7) is 3.50. The van der Waals surface area contributed by atoms with E-state index in [1.807, 2.05) is 24.0 Å². The van der Waals surface area contributed by atoms with Crippen molar-refractivity contribution in [1.29, 1.82) is 5.41 Å². The van der Waals surface area contributed by atoms with Crippen molar-refractivity contribution in [3.8, 4) is 0 Å². The molecular weight excluding hydrogens is 234 g/mol. The minimum atomic E-state index is 0.141. The molecule has 3 nitrogen and oxygen atoms in total. The Morgan fingerprint density at radius 2 is 2.24 bits per heavy atom. The van der Waals surface area contributed by atoms with Gasteiger partial charge in [0.1, 0.15) is 0 Å². The molecule has 0 spiro atoms. The topological polar surface area (TPSA) is 53.1 Å². The molecule has 0 amide bonds. The third kappa shape index (κ3) is 2.61. The standard InChI is InChI=1S/C13H16ClN3/c1-9-2-3-11(8-12(9)14)10-4-6-17(7-5-10)13(15)16/h2-4,8H,5-7H2,1H3,(H3,15,16). The van der Waals surface area contributed by atoms with E-state index in [0.717, 1.165) is 23.6 Å². The summed E-state index contributed by atoms with van der Waals surface area (Å²) in [4.78, 5) is 1.85. The first-order chi connectivity index (χ1) is 8.08. The molecule has 17 heavy (non-hydrogen) atoms. The molecule has 0 unspecified atom stereocenters. The van der Waals surface area contributed by atoms with Crippen molar-refractivity contribution < 1.29 is 0 Å². The first-order valence-electron chi connectivity index (χ1n) is 5.62. The Kier molecular flexibility index (Phi) is 3.38. The number of hydrogen-bond acceptors (Lipinski definition) is 1. The van der Waals surface area contributed by atoms with E-state index in [9.17, 15) is 0 Å². The van der Waals surface area contributed by atoms with Gasteiger partial charge >= 0.3 is 0 Å². The van der Waals surface area contributed by atoms with Crippen LogP contribution in [0.15, 0.2) is 24.3 Å². The molecule has 2 rings (SSSR count). The van der Waals surface area contributed by atoms with Crippen molar-refractivity contribution in [2.75, 3.05) is 13.1 Å². The SMILES string of the molecule is Cc1ccc(C2=CCN(C(=N)N)CC2)cc1Cl. The van der Waals surface area contributed by atoms with Gasteiger partial charge in [-0.25, -0.2) is 0 Å². The van der Waals surface area contributed by atoms with Crippen molar-refractivity contribution >= 4 is 23.1 Å². The average Bonchev–Trinajstić information content (AvgIpc) is 2.33. The van der Waals surface area contributed by atoms with Crippen LogP contribution in [0.25, 0.3) is 5.57 Å². The lowest BCUT2D eigenvalue weighted by molar-refractivity contribution is 0.451. The van der Waals surface area contributed by atoms with Crippen LogP contribution in [0.1, 0.15) is 17.5 Å². The predicted molar refractivity (Wildman–Crippen MR) is 72.3 cm³/mol. The summed E-state index contributed by atoms with van der Waals surface area (Å²) in [6, 6.07) is 6.14. The molecule has 0 bridgehead atoms. The van der Waals surface area contributed by atoms with Crippen LogP contribution in [0.4, 0.5) is 0 Å². The van der Waals surface area contributed by atoms with E-state index < -0.39 is 0 Å². The van der Waals surface area contributed by atoms with Crippen molar-refractivity contribution in [2.45, 2.75) is 13.3 Å². The Morgan fingerprint density at radius 1 is 1.47 bits per heavy atom. The summed E-state index contributed by atoms with van der Waals surface area (Å²) in [5, 5.41) is 8.18. The van der Waals surface area contributed by atoms with Crippen molar-refractivity contribution in [3.05, 3.63) is 40.4 Å². The first-order valence-corrected chi connectivity index (χ1v) is 6.00. The van der Waals surface area contributed by atoms with E-state index in [-0.39, 0.29) is 5.96 Å². The molecule has 0 atom stereocenters. The van der Waals surface area contributed by atoms with Crippen LogP contribution >= 0.6 is 11.6 Å². The smallest absolute Gasteiger partial charge is 0.188 e. The quantitative estimate of drug-likeness (QED) is 0.594. The van der Waals surface area contributed by atoms with Crippen LogP contribution in [0, 0.1) is 12.3 Å². The van der Waals surface area contributed by atoms with Crippen LogP contribution in [0.3, 0.4) is 0 Å². The summed E-state index contributed by atoms with van der Waals surface area (Å²) >= 11 is 6.12. The van der Waals surface area contributed by atoms with Gasteiger partial charge in [-0.15, -0.1) is 0 Å². The van der Waals surface area contributed by atoms with Crippen LogP contribution in [-0.4, -0.2) is 23.9 Å². The van der Waals surface area contributed by atoms with Crippen molar-refractivity contribution in [3.63, 3.8) is 0 Å². The van der Waals surface area contributed by atoms with E-state index in [4.69, 9.17) is 22.7 Å². The fourth-order valence-electron chi connectivity index (χ4n) is 1.94. The molecule has 0 fully saturated rings. The lowest BCUT2D eigenvalue weighted by Gasteiger charge is -2.26. The Bertz CT molecular complexity index is 480. The maximum atomic E-state index is 7.37. The number of rotatable bonds is 1. The Hall–Kier alpha value is -1.48. The highest BCUT2D eigenvalue weighted by Gasteiger charge is 2.13. The van der Waals surface area contributed by atoms with E-state index in [2.05, 4.69) is 12.1 Å². The summed E-state index contributed by atoms with van der Waals surface area (Å²) < 4.78 is 0. The molecule has 1 heterocycles. The summed E-state index contributed by atoms with van der Waals surface area (Å²) in [5.41, 5.74) is 9.00. The summed E-state index contributed by atoms with van der Waals surface area (Å²) in [7, 11) is 0. The zero-order valence-corrected chi connectivity index (χ0v) is 10.6. The summed E-state index contributed by atoms with van der Waals surface area (Å²) in [6.07, 6.45) is 3.02. The van der Waals surface area contributed by atoms with Gasteiger partial charge in [0.15, 0.2) is 5.96 Å². The highest BCUT2D eigenvalue weighted by Crippen LogP contribution is 2.26. The fraction of sp³-hybridized carbons (Fsp3) is 0.308. The molecular formula is C13H16ClN3. The number of hydrogen-bond donors (Lipinski definition) is 2. The number of nitrogens with two attached hydrogens (primary N) is 1. The molecule has 0 radical (unpaired) electrons. The second-order valence-electron chi connectivity index (χ2n) is 4.27.